The minimum Gasteiger partial charge on any atom is -0.495 e. The van der Waals surface area contributed by atoms with Gasteiger partial charge in [-0.1, -0.05) is 37.3 Å². The molecule has 7 rings (SSSR count). The van der Waals surface area contributed by atoms with Gasteiger partial charge in [0.05, 0.1) is 24.7 Å². The van der Waals surface area contributed by atoms with Crippen LogP contribution in [0.4, 0.5) is 5.69 Å². The second-order valence-electron chi connectivity index (χ2n) is 12.9. The minimum atomic E-state index is -2.30. The van der Waals surface area contributed by atoms with Crippen molar-refractivity contribution in [2.45, 2.75) is 61.4 Å². The first-order valence-electron chi connectivity index (χ1n) is 15.4. The Bertz CT molecular complexity index is 1730. The Morgan fingerprint density at radius 2 is 2.00 bits per heavy atom. The number of hydrogen-bond acceptors (Lipinski definition) is 8. The number of nitrogens with one attached hydrogen (secondary N) is 2. The van der Waals surface area contributed by atoms with Crippen LogP contribution in [0.25, 0.3) is 10.9 Å². The number of esters is 1. The number of hydrogen-bond donors (Lipinski definition) is 4. The molecule has 4 heterocycles. The quantitative estimate of drug-likeness (QED) is 0.222. The highest BCUT2D eigenvalue weighted by molar-refractivity contribution is 9.10. The first-order valence-corrected chi connectivity index (χ1v) is 16.2. The Morgan fingerprint density at radius 1 is 1.22 bits per heavy atom. The van der Waals surface area contributed by atoms with Gasteiger partial charge >= 0.3 is 5.97 Å². The van der Waals surface area contributed by atoms with Crippen molar-refractivity contribution in [2.75, 3.05) is 39.3 Å². The number of para-hydroxylation sites is 1. The number of anilines is 1. The van der Waals surface area contributed by atoms with Crippen molar-refractivity contribution >= 4 is 44.4 Å². The van der Waals surface area contributed by atoms with Crippen LogP contribution in [-0.2, 0) is 26.2 Å². The zero-order valence-corrected chi connectivity index (χ0v) is 27.4. The molecule has 3 aromatic rings. The molecule has 7 atom stereocenters. The number of aromatic nitrogens is 1. The van der Waals surface area contributed by atoms with Gasteiger partial charge < -0.3 is 34.9 Å². The van der Waals surface area contributed by atoms with Gasteiger partial charge in [-0.2, -0.15) is 0 Å². The van der Waals surface area contributed by atoms with Crippen LogP contribution >= 0.6 is 15.9 Å². The van der Waals surface area contributed by atoms with Gasteiger partial charge in [-0.05, 0) is 58.6 Å². The molecule has 0 bridgehead atoms. The van der Waals surface area contributed by atoms with E-state index in [4.69, 9.17) is 9.47 Å². The van der Waals surface area contributed by atoms with E-state index >= 15 is 0 Å². The van der Waals surface area contributed by atoms with Crippen molar-refractivity contribution < 1.29 is 29.3 Å². The predicted octanol–water partition coefficient (Wildman–Crippen LogP) is 3.04. The van der Waals surface area contributed by atoms with Crippen LogP contribution < -0.4 is 15.0 Å². The number of nitrogens with zero attached hydrogens (tertiary/aromatic N) is 2. The number of aliphatic hydroxyl groups excluding tert-OH is 1. The number of aromatic amines is 1. The second kappa shape index (κ2) is 10.6. The van der Waals surface area contributed by atoms with Gasteiger partial charge in [0.2, 0.25) is 0 Å². The van der Waals surface area contributed by atoms with E-state index in [2.05, 4.69) is 37.2 Å². The number of rotatable bonds is 7. The zero-order chi connectivity index (χ0) is 31.9. The molecule has 1 unspecified atom stereocenters. The Kier molecular flexibility index (Phi) is 7.12. The van der Waals surface area contributed by atoms with E-state index in [0.29, 0.717) is 18.6 Å². The van der Waals surface area contributed by atoms with Crippen LogP contribution in [0.2, 0.25) is 0 Å². The normalized spacial score (nSPS) is 32.2. The molecule has 45 heavy (non-hydrogen) atoms. The zero-order valence-electron chi connectivity index (χ0n) is 25.8. The monoisotopic (exact) mass is 678 g/mol. The Balaban J connectivity index is 1.36. The van der Waals surface area contributed by atoms with Gasteiger partial charge in [-0.3, -0.25) is 9.69 Å². The number of aliphatic hydroxyl groups is 2. The fourth-order valence-corrected chi connectivity index (χ4v) is 9.87. The fourth-order valence-electron chi connectivity index (χ4n) is 9.37. The number of benzene rings is 2. The number of likely N-dealkylation sites (N-methyl/N-ethyl adjacent to an activating group) is 1. The summed E-state index contributed by atoms with van der Waals surface area (Å²) in [7, 11) is 4.74. The second-order valence-corrected chi connectivity index (χ2v) is 13.8. The number of carbonyl (C=O) groups excluding carboxylic acids is 2. The third-order valence-corrected chi connectivity index (χ3v) is 11.8. The standard InChI is InChI=1S/C34H39BrN4O6/c1-5-32-11-8-13-39-14-12-33(28(32)39)21-16-22(35)26(44-3)17-25(21)38(2)29(33)34(43,30(32)41)31(42)37-24(27(40)45-4)15-19-18-36-23-10-7-6-9-20(19)23/h6-11,16-18,24,28-30,36,41,43H,5,12-15H2,1-4H3,(H,37,42)/t24?,28-,29+,30+,32+,33+,34-/m0/s1. The Morgan fingerprint density at radius 3 is 2.73 bits per heavy atom. The lowest BCUT2D eigenvalue weighted by Crippen LogP contribution is -2.82. The summed E-state index contributed by atoms with van der Waals surface area (Å²) in [4.78, 5) is 35.5. The van der Waals surface area contributed by atoms with Crippen molar-refractivity contribution in [1.82, 2.24) is 15.2 Å². The summed E-state index contributed by atoms with van der Waals surface area (Å²) in [5, 5.41) is 29.2. The highest BCUT2D eigenvalue weighted by atomic mass is 79.9. The molecular weight excluding hydrogens is 640 g/mol. The number of fused-ring (bicyclic) bond motifs is 2. The van der Waals surface area contributed by atoms with Crippen molar-refractivity contribution in [3.63, 3.8) is 0 Å². The van der Waals surface area contributed by atoms with Crippen LogP contribution in [0, 0.1) is 5.41 Å². The summed E-state index contributed by atoms with van der Waals surface area (Å²) in [5.41, 5.74) is -0.363. The lowest BCUT2D eigenvalue weighted by atomic mass is 9.47. The molecule has 1 saturated heterocycles. The molecule has 0 radical (unpaired) electrons. The largest absolute Gasteiger partial charge is 0.495 e. The maximum atomic E-state index is 14.8. The third kappa shape index (κ3) is 3.90. The van der Waals surface area contributed by atoms with Crippen LogP contribution in [0.15, 0.2) is 59.2 Å². The Labute approximate surface area is 270 Å². The summed E-state index contributed by atoms with van der Waals surface area (Å²) in [6.07, 6.45) is 5.72. The number of carbonyl (C=O) groups is 2. The highest BCUT2D eigenvalue weighted by Gasteiger charge is 2.78. The molecule has 238 valence electrons. The summed E-state index contributed by atoms with van der Waals surface area (Å²) in [6, 6.07) is 9.60. The van der Waals surface area contributed by atoms with Gasteiger partial charge in [0.15, 0.2) is 5.60 Å². The number of halogens is 1. The first kappa shape index (κ1) is 30.3. The summed E-state index contributed by atoms with van der Waals surface area (Å²) < 4.78 is 11.6. The van der Waals surface area contributed by atoms with Gasteiger partial charge in [0.1, 0.15) is 17.9 Å². The van der Waals surface area contributed by atoms with E-state index in [-0.39, 0.29) is 12.5 Å². The SMILES string of the molecule is CC[C@]12C=CCN3CC[C@@]4(c5cc(Br)c(OC)cc5N(C)[C@H]4[C@@](O)(C(=O)NC(Cc4c[nH]c5ccccc45)C(=O)OC)[C@@H]1O)[C@@H]32. The third-order valence-electron chi connectivity index (χ3n) is 11.2. The average molecular weight is 680 g/mol. The number of amides is 1. The molecule has 4 aliphatic rings. The molecule has 11 heteroatoms. The van der Waals surface area contributed by atoms with Crippen molar-refractivity contribution in [1.29, 1.82) is 0 Å². The van der Waals surface area contributed by atoms with Crippen LogP contribution in [-0.4, -0.2) is 96.2 Å². The van der Waals surface area contributed by atoms with E-state index in [9.17, 15) is 19.8 Å². The molecule has 4 N–H and O–H groups in total. The molecular formula is C34H39BrN4O6. The summed E-state index contributed by atoms with van der Waals surface area (Å²) >= 11 is 3.69. The van der Waals surface area contributed by atoms with Crippen LogP contribution in [0.3, 0.4) is 0 Å². The van der Waals surface area contributed by atoms with Crippen molar-refractivity contribution in [3.05, 3.63) is 70.3 Å². The van der Waals surface area contributed by atoms with Crippen LogP contribution in [0.5, 0.6) is 5.75 Å². The van der Waals surface area contributed by atoms with Gasteiger partial charge in [0.25, 0.3) is 5.91 Å². The van der Waals surface area contributed by atoms with E-state index in [1.54, 1.807) is 7.11 Å². The van der Waals surface area contributed by atoms with Gasteiger partial charge in [0, 0.05) is 65.7 Å². The molecule has 10 nitrogen and oxygen atoms in total. The fraction of sp³-hybridized carbons (Fsp3) is 0.471. The van der Waals surface area contributed by atoms with Gasteiger partial charge in [-0.25, -0.2) is 4.79 Å². The number of H-pyrrole nitrogens is 1. The molecule has 1 amide bonds. The molecule has 2 fully saturated rings. The van der Waals surface area contributed by atoms with Crippen molar-refractivity contribution in [3.8, 4) is 5.75 Å². The molecule has 1 aromatic heterocycles. The minimum absolute atomic E-state index is 0.139. The van der Waals surface area contributed by atoms with Gasteiger partial charge in [-0.15, -0.1) is 0 Å². The van der Waals surface area contributed by atoms with Crippen LogP contribution in [0.1, 0.15) is 30.9 Å². The summed E-state index contributed by atoms with van der Waals surface area (Å²) in [6.45, 7) is 3.48. The highest BCUT2D eigenvalue weighted by Crippen LogP contribution is 2.67. The number of ether oxygens (including phenoxy) is 2. The predicted molar refractivity (Wildman–Crippen MR) is 173 cm³/mol. The molecule has 1 aliphatic carbocycles. The lowest BCUT2D eigenvalue weighted by molar-refractivity contribution is -0.204. The molecule has 1 saturated carbocycles. The molecule has 3 aliphatic heterocycles. The Hall–Kier alpha value is -3.38. The van der Waals surface area contributed by atoms with Crippen molar-refractivity contribution in [2.24, 2.45) is 5.41 Å². The van der Waals surface area contributed by atoms with E-state index in [0.717, 1.165) is 45.3 Å². The first-order chi connectivity index (χ1) is 21.6. The molecule has 2 aromatic carbocycles. The smallest absolute Gasteiger partial charge is 0.328 e. The van der Waals surface area contributed by atoms with E-state index < -0.39 is 46.5 Å². The summed E-state index contributed by atoms with van der Waals surface area (Å²) in [5.74, 6) is -0.806. The maximum absolute atomic E-state index is 14.8. The maximum Gasteiger partial charge on any atom is 0.328 e. The lowest BCUT2D eigenvalue weighted by Gasteiger charge is -2.63. The average Bonchev–Trinajstić information content (AvgIpc) is 3.72. The van der Waals surface area contributed by atoms with E-state index in [1.807, 2.05) is 67.6 Å². The molecule has 1 spiro atoms. The van der Waals surface area contributed by atoms with E-state index in [1.165, 1.54) is 7.11 Å². The topological polar surface area (TPSA) is 127 Å². The number of methoxy groups -OCH3 is 2.